The van der Waals surface area contributed by atoms with Crippen molar-refractivity contribution in [3.63, 3.8) is 0 Å². The molecule has 8 heteroatoms. The minimum Gasteiger partial charge on any atom is -0.345 e. The summed E-state index contributed by atoms with van der Waals surface area (Å²) in [5.74, 6) is -0.134. The third-order valence-electron chi connectivity index (χ3n) is 5.06. The molecule has 0 saturated carbocycles. The quantitative estimate of drug-likeness (QED) is 0.865. The van der Waals surface area contributed by atoms with Crippen molar-refractivity contribution < 1.29 is 13.2 Å². The summed E-state index contributed by atoms with van der Waals surface area (Å²) >= 11 is 0. The monoisotopic (exact) mass is 354 g/mol. The van der Waals surface area contributed by atoms with Gasteiger partial charge >= 0.3 is 0 Å². The van der Waals surface area contributed by atoms with Crippen molar-refractivity contribution in [3.05, 3.63) is 18.0 Å². The summed E-state index contributed by atoms with van der Waals surface area (Å²) in [6, 6.07) is 1.56. The van der Waals surface area contributed by atoms with E-state index in [0.717, 1.165) is 32.1 Å². The smallest absolute Gasteiger partial charge is 0.270 e. The van der Waals surface area contributed by atoms with Crippen LogP contribution in [0.25, 0.3) is 0 Å². The van der Waals surface area contributed by atoms with E-state index in [9.17, 15) is 13.2 Å². The van der Waals surface area contributed by atoms with Gasteiger partial charge in [0.25, 0.3) is 5.91 Å². The first-order chi connectivity index (χ1) is 11.4. The largest absolute Gasteiger partial charge is 0.345 e. The Morgan fingerprint density at radius 2 is 1.92 bits per heavy atom. The summed E-state index contributed by atoms with van der Waals surface area (Å²) in [6.07, 6.45) is 6.25. The molecule has 1 unspecified atom stereocenters. The van der Waals surface area contributed by atoms with Gasteiger partial charge in [0, 0.05) is 45.5 Å². The molecule has 134 valence electrons. The average molecular weight is 354 g/mol. The predicted molar refractivity (Wildman–Crippen MR) is 91.1 cm³/mol. The Hall–Kier alpha value is -1.38. The van der Waals surface area contributed by atoms with Gasteiger partial charge in [0.05, 0.1) is 0 Å². The zero-order valence-corrected chi connectivity index (χ0v) is 15.0. The number of nitrogens with two attached hydrogens (primary N) is 1. The van der Waals surface area contributed by atoms with Crippen molar-refractivity contribution >= 4 is 15.9 Å². The van der Waals surface area contributed by atoms with Gasteiger partial charge in [0.2, 0.25) is 10.0 Å². The molecule has 0 radical (unpaired) electrons. The van der Waals surface area contributed by atoms with Gasteiger partial charge in [0.1, 0.15) is 10.6 Å². The highest BCUT2D eigenvalue weighted by Crippen LogP contribution is 2.25. The van der Waals surface area contributed by atoms with Crippen LogP contribution in [0.5, 0.6) is 0 Å². The van der Waals surface area contributed by atoms with E-state index in [4.69, 9.17) is 5.73 Å². The highest BCUT2D eigenvalue weighted by Gasteiger charge is 2.32. The molecule has 7 nitrogen and oxygen atoms in total. The first-order valence-electron chi connectivity index (χ1n) is 8.62. The number of piperidine rings is 1. The van der Waals surface area contributed by atoms with Crippen LogP contribution in [0.2, 0.25) is 0 Å². The molecule has 2 aliphatic rings. The van der Waals surface area contributed by atoms with E-state index >= 15 is 0 Å². The Bertz CT molecular complexity index is 707. The fourth-order valence-electron chi connectivity index (χ4n) is 3.64. The maximum Gasteiger partial charge on any atom is 0.270 e. The van der Waals surface area contributed by atoms with Crippen LogP contribution in [0.15, 0.2) is 17.2 Å². The lowest BCUT2D eigenvalue weighted by molar-refractivity contribution is 0.0731. The average Bonchev–Trinajstić information content (AvgIpc) is 3.21. The number of hydrogen-bond donors (Lipinski definition) is 1. The number of likely N-dealkylation sites (tertiary alicyclic amines) is 1. The Labute approximate surface area is 143 Å². The van der Waals surface area contributed by atoms with Gasteiger partial charge in [0.15, 0.2) is 0 Å². The molecule has 2 N–H and O–H groups in total. The Balaban J connectivity index is 1.86. The Morgan fingerprint density at radius 3 is 2.58 bits per heavy atom. The molecule has 2 aliphatic heterocycles. The number of aryl methyl sites for hydroxylation is 1. The number of aromatic nitrogens is 1. The SMILES string of the molecule is Cn1cc(S(=O)(=O)N2CCCCC2)cc1C(=O)N1CCCC1CN. The van der Waals surface area contributed by atoms with Gasteiger partial charge in [-0.2, -0.15) is 4.31 Å². The van der Waals surface area contributed by atoms with Crippen molar-refractivity contribution in [3.8, 4) is 0 Å². The second-order valence-corrected chi connectivity index (χ2v) is 8.60. The molecular weight excluding hydrogens is 328 g/mol. The lowest BCUT2D eigenvalue weighted by Gasteiger charge is -2.25. The number of amides is 1. The fraction of sp³-hybridized carbons (Fsp3) is 0.688. The van der Waals surface area contributed by atoms with Gasteiger partial charge in [-0.25, -0.2) is 8.42 Å². The first-order valence-corrected chi connectivity index (χ1v) is 10.1. The number of sulfonamides is 1. The minimum absolute atomic E-state index is 0.0505. The van der Waals surface area contributed by atoms with E-state index in [-0.39, 0.29) is 16.8 Å². The van der Waals surface area contributed by atoms with Gasteiger partial charge in [-0.05, 0) is 31.7 Å². The maximum atomic E-state index is 12.8. The van der Waals surface area contributed by atoms with Crippen LogP contribution >= 0.6 is 0 Å². The molecule has 1 aromatic heterocycles. The summed E-state index contributed by atoms with van der Waals surface area (Å²) in [6.45, 7) is 2.24. The molecule has 1 atom stereocenters. The molecule has 0 aromatic carbocycles. The second-order valence-electron chi connectivity index (χ2n) is 6.67. The number of rotatable bonds is 4. The minimum atomic E-state index is -3.52. The molecule has 0 spiro atoms. The standard InChI is InChI=1S/C16H26N4O3S/c1-18-12-14(24(22,23)19-7-3-2-4-8-19)10-15(18)16(21)20-9-5-6-13(20)11-17/h10,12-13H,2-9,11,17H2,1H3. The van der Waals surface area contributed by atoms with Crippen LogP contribution < -0.4 is 5.73 Å². The summed E-state index contributed by atoms with van der Waals surface area (Å²) in [4.78, 5) is 14.8. The molecule has 2 fully saturated rings. The van der Waals surface area contributed by atoms with Crippen LogP contribution in [-0.4, -0.2) is 60.3 Å². The molecular formula is C16H26N4O3S. The van der Waals surface area contributed by atoms with Gasteiger partial charge in [-0.3, -0.25) is 4.79 Å². The highest BCUT2D eigenvalue weighted by atomic mass is 32.2. The summed E-state index contributed by atoms with van der Waals surface area (Å²) in [7, 11) is -1.80. The molecule has 0 bridgehead atoms. The summed E-state index contributed by atoms with van der Waals surface area (Å²) < 4.78 is 28.7. The van der Waals surface area contributed by atoms with Gasteiger partial charge < -0.3 is 15.2 Å². The number of nitrogens with zero attached hydrogens (tertiary/aromatic N) is 3. The second kappa shape index (κ2) is 6.85. The first kappa shape index (κ1) is 17.4. The van der Waals surface area contributed by atoms with Crippen LogP contribution in [0.4, 0.5) is 0 Å². The zero-order valence-electron chi connectivity index (χ0n) is 14.1. The Morgan fingerprint density at radius 1 is 1.21 bits per heavy atom. The van der Waals surface area contributed by atoms with E-state index in [1.54, 1.807) is 22.7 Å². The van der Waals surface area contributed by atoms with Gasteiger partial charge in [-0.15, -0.1) is 0 Å². The van der Waals surface area contributed by atoms with Crippen molar-refractivity contribution in [1.82, 2.24) is 13.8 Å². The van der Waals surface area contributed by atoms with E-state index in [1.807, 2.05) is 0 Å². The van der Waals surface area contributed by atoms with Crippen LogP contribution in [0.3, 0.4) is 0 Å². The number of carbonyl (C=O) groups excluding carboxylic acids is 1. The highest BCUT2D eigenvalue weighted by molar-refractivity contribution is 7.89. The fourth-order valence-corrected chi connectivity index (χ4v) is 5.23. The van der Waals surface area contributed by atoms with Crippen molar-refractivity contribution in [1.29, 1.82) is 0 Å². The van der Waals surface area contributed by atoms with Crippen LogP contribution in [0.1, 0.15) is 42.6 Å². The van der Waals surface area contributed by atoms with Crippen LogP contribution in [-0.2, 0) is 17.1 Å². The van der Waals surface area contributed by atoms with E-state index in [1.165, 1.54) is 10.4 Å². The molecule has 2 saturated heterocycles. The molecule has 24 heavy (non-hydrogen) atoms. The molecule has 3 heterocycles. The third kappa shape index (κ3) is 3.10. The topological polar surface area (TPSA) is 88.6 Å². The maximum absolute atomic E-state index is 12.8. The van der Waals surface area contributed by atoms with E-state index < -0.39 is 10.0 Å². The van der Waals surface area contributed by atoms with E-state index in [2.05, 4.69) is 0 Å². The van der Waals surface area contributed by atoms with Crippen molar-refractivity contribution in [2.45, 2.75) is 43.0 Å². The number of hydrogen-bond acceptors (Lipinski definition) is 4. The van der Waals surface area contributed by atoms with E-state index in [0.29, 0.717) is 31.9 Å². The Kier molecular flexibility index (Phi) is 4.98. The predicted octanol–water partition coefficient (Wildman–Crippen LogP) is 0.763. The van der Waals surface area contributed by atoms with Crippen molar-refractivity contribution in [2.24, 2.45) is 12.8 Å². The lowest BCUT2D eigenvalue weighted by atomic mass is 10.2. The third-order valence-corrected chi connectivity index (χ3v) is 6.93. The van der Waals surface area contributed by atoms with Crippen LogP contribution in [0, 0.1) is 0 Å². The molecule has 1 aromatic rings. The molecule has 0 aliphatic carbocycles. The zero-order chi connectivity index (χ0) is 17.3. The van der Waals surface area contributed by atoms with Crippen molar-refractivity contribution in [2.75, 3.05) is 26.2 Å². The molecule has 3 rings (SSSR count). The summed E-state index contributed by atoms with van der Waals surface area (Å²) in [5, 5.41) is 0. The number of carbonyl (C=O) groups is 1. The summed E-state index contributed by atoms with van der Waals surface area (Å²) in [5.41, 5.74) is 6.16. The van der Waals surface area contributed by atoms with Gasteiger partial charge in [-0.1, -0.05) is 6.42 Å². The molecule has 1 amide bonds. The lowest BCUT2D eigenvalue weighted by Crippen LogP contribution is -2.40. The normalized spacial score (nSPS) is 22.9.